The summed E-state index contributed by atoms with van der Waals surface area (Å²) >= 11 is 0. The number of piperidine rings is 1. The molecule has 1 aliphatic carbocycles. The van der Waals surface area contributed by atoms with E-state index >= 15 is 0 Å². The van der Waals surface area contributed by atoms with Gasteiger partial charge in [0.15, 0.2) is 11.6 Å². The van der Waals surface area contributed by atoms with Gasteiger partial charge in [-0.1, -0.05) is 6.07 Å². The van der Waals surface area contributed by atoms with Crippen LogP contribution < -0.4 is 10.6 Å². The number of carbonyl (C=O) groups excluding carboxylic acids is 1. The molecular formula is C16H21ClF2N2O. The Morgan fingerprint density at radius 3 is 2.82 bits per heavy atom. The van der Waals surface area contributed by atoms with Gasteiger partial charge in [-0.05, 0) is 61.9 Å². The molecule has 3 rings (SSSR count). The smallest absolute Gasteiger partial charge is 0.223 e. The van der Waals surface area contributed by atoms with Crippen LogP contribution in [0.25, 0.3) is 0 Å². The van der Waals surface area contributed by atoms with Crippen LogP contribution in [-0.2, 0) is 4.79 Å². The fraction of sp³-hybridized carbons (Fsp3) is 0.562. The van der Waals surface area contributed by atoms with Gasteiger partial charge in [-0.3, -0.25) is 4.79 Å². The van der Waals surface area contributed by atoms with Gasteiger partial charge in [0.2, 0.25) is 5.91 Å². The lowest BCUT2D eigenvalue weighted by Gasteiger charge is -2.22. The number of hydrogen-bond acceptors (Lipinski definition) is 2. The first-order valence-electron chi connectivity index (χ1n) is 7.58. The van der Waals surface area contributed by atoms with Crippen molar-refractivity contribution < 1.29 is 13.6 Å². The summed E-state index contributed by atoms with van der Waals surface area (Å²) in [4.78, 5) is 12.1. The highest BCUT2D eigenvalue weighted by atomic mass is 35.5. The van der Waals surface area contributed by atoms with E-state index in [1.807, 2.05) is 0 Å². The van der Waals surface area contributed by atoms with E-state index in [4.69, 9.17) is 0 Å². The zero-order valence-corrected chi connectivity index (χ0v) is 13.1. The number of rotatable bonds is 4. The molecule has 22 heavy (non-hydrogen) atoms. The average molecular weight is 331 g/mol. The van der Waals surface area contributed by atoms with Gasteiger partial charge in [0.1, 0.15) is 0 Å². The van der Waals surface area contributed by atoms with Crippen LogP contribution in [0.1, 0.15) is 30.7 Å². The minimum atomic E-state index is -0.842. The van der Waals surface area contributed by atoms with Crippen molar-refractivity contribution in [3.8, 4) is 0 Å². The van der Waals surface area contributed by atoms with Crippen LogP contribution in [0.4, 0.5) is 8.78 Å². The first-order valence-corrected chi connectivity index (χ1v) is 7.58. The lowest BCUT2D eigenvalue weighted by molar-refractivity contribution is -0.122. The van der Waals surface area contributed by atoms with Crippen molar-refractivity contribution in [2.24, 2.45) is 11.8 Å². The number of carbonyl (C=O) groups is 1. The predicted octanol–water partition coefficient (Wildman–Crippen LogP) is 2.61. The molecule has 2 N–H and O–H groups in total. The second-order valence-corrected chi connectivity index (χ2v) is 6.08. The van der Waals surface area contributed by atoms with Crippen molar-refractivity contribution in [3.05, 3.63) is 35.4 Å². The van der Waals surface area contributed by atoms with Gasteiger partial charge in [-0.15, -0.1) is 12.4 Å². The molecule has 1 saturated carbocycles. The molecule has 0 spiro atoms. The molecule has 1 aromatic carbocycles. The topological polar surface area (TPSA) is 41.1 Å². The maximum absolute atomic E-state index is 13.2. The second-order valence-electron chi connectivity index (χ2n) is 6.08. The number of halogens is 3. The minimum Gasteiger partial charge on any atom is -0.356 e. The molecule has 1 aliphatic heterocycles. The quantitative estimate of drug-likeness (QED) is 0.891. The Hall–Kier alpha value is -1.20. The van der Waals surface area contributed by atoms with Crippen LogP contribution in [0.2, 0.25) is 0 Å². The number of hydrogen-bond donors (Lipinski definition) is 2. The van der Waals surface area contributed by atoms with Gasteiger partial charge in [-0.2, -0.15) is 0 Å². The summed E-state index contributed by atoms with van der Waals surface area (Å²) in [5, 5.41) is 6.31. The summed E-state index contributed by atoms with van der Waals surface area (Å²) in [7, 11) is 0. The van der Waals surface area contributed by atoms with Crippen LogP contribution in [0.3, 0.4) is 0 Å². The molecule has 0 bridgehead atoms. The van der Waals surface area contributed by atoms with Gasteiger partial charge in [0.05, 0.1) is 0 Å². The molecule has 1 aromatic rings. The lowest BCUT2D eigenvalue weighted by atomic mass is 9.99. The summed E-state index contributed by atoms with van der Waals surface area (Å²) < 4.78 is 26.1. The monoisotopic (exact) mass is 330 g/mol. The van der Waals surface area contributed by atoms with E-state index in [1.54, 1.807) is 6.07 Å². The molecule has 2 aliphatic rings. The van der Waals surface area contributed by atoms with E-state index in [9.17, 15) is 13.6 Å². The molecule has 3 atom stereocenters. The molecule has 0 radical (unpaired) electrons. The number of benzene rings is 1. The van der Waals surface area contributed by atoms with Gasteiger partial charge < -0.3 is 10.6 Å². The Balaban J connectivity index is 0.00000176. The molecule has 3 unspecified atom stereocenters. The van der Waals surface area contributed by atoms with E-state index in [0.29, 0.717) is 18.0 Å². The third-order valence-electron chi connectivity index (χ3n) is 4.46. The highest BCUT2D eigenvalue weighted by Crippen LogP contribution is 2.47. The van der Waals surface area contributed by atoms with Gasteiger partial charge in [-0.25, -0.2) is 8.78 Å². The lowest BCUT2D eigenvalue weighted by Crippen LogP contribution is -2.38. The average Bonchev–Trinajstić information content (AvgIpc) is 3.29. The maximum Gasteiger partial charge on any atom is 0.223 e. The third kappa shape index (κ3) is 3.96. The highest BCUT2D eigenvalue weighted by Gasteiger charge is 2.44. The molecule has 2 fully saturated rings. The Kier molecular flexibility index (Phi) is 5.75. The normalized spacial score (nSPS) is 26.9. The Bertz CT molecular complexity index is 535. The molecule has 1 amide bonds. The molecular weight excluding hydrogens is 310 g/mol. The van der Waals surface area contributed by atoms with Gasteiger partial charge in [0, 0.05) is 12.5 Å². The molecule has 0 aromatic heterocycles. The third-order valence-corrected chi connectivity index (χ3v) is 4.46. The van der Waals surface area contributed by atoms with Crippen LogP contribution in [-0.4, -0.2) is 25.5 Å². The standard InChI is InChI=1S/C16H20F2N2O.ClH/c17-14-4-3-11(6-15(14)18)12-7-13(12)16(21)20-9-10-2-1-5-19-8-10;/h3-4,6,10,12-13,19H,1-2,5,7-9H2,(H,20,21);1H. The van der Waals surface area contributed by atoms with Crippen molar-refractivity contribution in [2.45, 2.75) is 25.2 Å². The summed E-state index contributed by atoms with van der Waals surface area (Å²) in [6.07, 6.45) is 3.02. The van der Waals surface area contributed by atoms with Crippen molar-refractivity contribution in [3.63, 3.8) is 0 Å². The Morgan fingerprint density at radius 1 is 1.32 bits per heavy atom. The Morgan fingerprint density at radius 2 is 2.14 bits per heavy atom. The predicted molar refractivity (Wildman–Crippen MR) is 83.1 cm³/mol. The second kappa shape index (κ2) is 7.38. The largest absolute Gasteiger partial charge is 0.356 e. The van der Waals surface area contributed by atoms with Crippen molar-refractivity contribution in [1.29, 1.82) is 0 Å². The molecule has 122 valence electrons. The zero-order chi connectivity index (χ0) is 14.8. The molecule has 1 heterocycles. The van der Waals surface area contributed by atoms with E-state index in [-0.39, 0.29) is 30.2 Å². The van der Waals surface area contributed by atoms with Gasteiger partial charge in [0.25, 0.3) is 0 Å². The van der Waals surface area contributed by atoms with E-state index in [2.05, 4.69) is 10.6 Å². The van der Waals surface area contributed by atoms with E-state index in [0.717, 1.165) is 38.4 Å². The fourth-order valence-corrected chi connectivity index (χ4v) is 3.07. The summed E-state index contributed by atoms with van der Waals surface area (Å²) in [5.41, 5.74) is 0.716. The molecule has 3 nitrogen and oxygen atoms in total. The molecule has 6 heteroatoms. The minimum absolute atomic E-state index is 0. The summed E-state index contributed by atoms with van der Waals surface area (Å²) in [6.45, 7) is 2.72. The van der Waals surface area contributed by atoms with E-state index in [1.165, 1.54) is 6.07 Å². The SMILES string of the molecule is Cl.O=C(NCC1CCCNC1)C1CC1c1ccc(F)c(F)c1. The zero-order valence-electron chi connectivity index (χ0n) is 12.3. The van der Waals surface area contributed by atoms with E-state index < -0.39 is 11.6 Å². The summed E-state index contributed by atoms with van der Waals surface area (Å²) in [6, 6.07) is 3.91. The van der Waals surface area contributed by atoms with Crippen LogP contribution in [0.5, 0.6) is 0 Å². The number of amides is 1. The highest BCUT2D eigenvalue weighted by molar-refractivity contribution is 5.85. The summed E-state index contributed by atoms with van der Waals surface area (Å²) in [5.74, 6) is -1.20. The first kappa shape index (κ1) is 17.2. The maximum atomic E-state index is 13.2. The van der Waals surface area contributed by atoms with Crippen molar-refractivity contribution >= 4 is 18.3 Å². The van der Waals surface area contributed by atoms with Crippen molar-refractivity contribution in [2.75, 3.05) is 19.6 Å². The van der Waals surface area contributed by atoms with Crippen LogP contribution >= 0.6 is 12.4 Å². The van der Waals surface area contributed by atoms with Gasteiger partial charge >= 0.3 is 0 Å². The fourth-order valence-electron chi connectivity index (χ4n) is 3.07. The van der Waals surface area contributed by atoms with Crippen LogP contribution in [0.15, 0.2) is 18.2 Å². The molecule has 1 saturated heterocycles. The Labute approximate surface area is 135 Å². The van der Waals surface area contributed by atoms with Crippen LogP contribution in [0, 0.1) is 23.5 Å². The first-order chi connectivity index (χ1) is 10.1. The number of nitrogens with one attached hydrogen (secondary N) is 2. The van der Waals surface area contributed by atoms with Crippen molar-refractivity contribution in [1.82, 2.24) is 10.6 Å².